The van der Waals surface area contributed by atoms with Crippen LogP contribution in [0.3, 0.4) is 0 Å². The van der Waals surface area contributed by atoms with Crippen LogP contribution < -0.4 is 0 Å². The lowest BCUT2D eigenvalue weighted by Gasteiger charge is -2.25. The molecule has 0 bridgehead atoms. The van der Waals surface area contributed by atoms with Crippen LogP contribution in [0.25, 0.3) is 0 Å². The number of carbonyl (C=O) groups is 1. The Labute approximate surface area is 90.6 Å². The second-order valence-corrected chi connectivity index (χ2v) is 5.36. The molecule has 1 saturated heterocycles. The smallest absolute Gasteiger partial charge is 0.306 e. The molecule has 1 aliphatic heterocycles. The molecule has 0 aliphatic carbocycles. The number of carbonyl (C=O) groups excluding carboxylic acids is 1. The van der Waals surface area contributed by atoms with Crippen LogP contribution in [0.5, 0.6) is 0 Å². The van der Waals surface area contributed by atoms with Gasteiger partial charge in [0.05, 0.1) is 25.2 Å². The summed E-state index contributed by atoms with van der Waals surface area (Å²) in [5.74, 6) is -0.439. The van der Waals surface area contributed by atoms with Crippen LogP contribution in [-0.4, -0.2) is 35.5 Å². The van der Waals surface area contributed by atoms with Gasteiger partial charge in [-0.3, -0.25) is 4.79 Å². The van der Waals surface area contributed by atoms with E-state index in [2.05, 4.69) is 0 Å². The van der Waals surface area contributed by atoms with Crippen molar-refractivity contribution in [2.45, 2.75) is 45.3 Å². The van der Waals surface area contributed by atoms with E-state index in [4.69, 9.17) is 9.47 Å². The standard InChI is InChI=1S/C11H20O4/c1-10(2,3)15-9(12)5-8-6-14-7-11(8,4)13/h8,13H,5-7H2,1-4H3/t8?,11-/m1/s1. The van der Waals surface area contributed by atoms with Gasteiger partial charge in [0.25, 0.3) is 0 Å². The Kier molecular flexibility index (Phi) is 3.41. The number of esters is 1. The molecule has 1 unspecified atom stereocenters. The number of ether oxygens (including phenoxy) is 2. The van der Waals surface area contributed by atoms with Crippen LogP contribution in [0.4, 0.5) is 0 Å². The third kappa shape index (κ3) is 3.80. The van der Waals surface area contributed by atoms with Gasteiger partial charge in [0.2, 0.25) is 0 Å². The van der Waals surface area contributed by atoms with E-state index in [-0.39, 0.29) is 18.3 Å². The summed E-state index contributed by atoms with van der Waals surface area (Å²) in [6.07, 6.45) is 0.213. The Balaban J connectivity index is 2.45. The first-order valence-electron chi connectivity index (χ1n) is 5.23. The summed E-state index contributed by atoms with van der Waals surface area (Å²) in [5, 5.41) is 9.87. The van der Waals surface area contributed by atoms with E-state index >= 15 is 0 Å². The normalized spacial score (nSPS) is 31.7. The van der Waals surface area contributed by atoms with Crippen molar-refractivity contribution in [3.8, 4) is 0 Å². The van der Waals surface area contributed by atoms with E-state index in [0.29, 0.717) is 13.2 Å². The fourth-order valence-electron chi connectivity index (χ4n) is 1.57. The summed E-state index contributed by atoms with van der Waals surface area (Å²) in [5.41, 5.74) is -1.38. The van der Waals surface area contributed by atoms with Crippen molar-refractivity contribution in [1.82, 2.24) is 0 Å². The highest BCUT2D eigenvalue weighted by Gasteiger charge is 2.39. The van der Waals surface area contributed by atoms with Gasteiger partial charge in [0.15, 0.2) is 0 Å². The maximum absolute atomic E-state index is 11.5. The van der Waals surface area contributed by atoms with Gasteiger partial charge in [-0.1, -0.05) is 0 Å². The fraction of sp³-hybridized carbons (Fsp3) is 0.909. The minimum atomic E-state index is -0.906. The summed E-state index contributed by atoms with van der Waals surface area (Å²) in [7, 11) is 0. The third-order valence-electron chi connectivity index (χ3n) is 2.43. The van der Waals surface area contributed by atoms with Gasteiger partial charge in [-0.2, -0.15) is 0 Å². The summed E-state index contributed by atoms with van der Waals surface area (Å²) >= 11 is 0. The summed E-state index contributed by atoms with van der Waals surface area (Å²) < 4.78 is 10.3. The van der Waals surface area contributed by atoms with E-state index in [9.17, 15) is 9.90 Å². The zero-order chi connectivity index (χ0) is 11.7. The zero-order valence-electron chi connectivity index (χ0n) is 9.87. The lowest BCUT2D eigenvalue weighted by Crippen LogP contribution is -2.36. The van der Waals surface area contributed by atoms with Crippen LogP contribution in [0.1, 0.15) is 34.1 Å². The van der Waals surface area contributed by atoms with Crippen molar-refractivity contribution in [1.29, 1.82) is 0 Å². The zero-order valence-corrected chi connectivity index (χ0v) is 9.87. The molecule has 0 aromatic carbocycles. The molecular formula is C11H20O4. The molecular weight excluding hydrogens is 196 g/mol. The average molecular weight is 216 g/mol. The van der Waals surface area contributed by atoms with Gasteiger partial charge in [-0.25, -0.2) is 0 Å². The largest absolute Gasteiger partial charge is 0.460 e. The molecule has 2 atom stereocenters. The van der Waals surface area contributed by atoms with Crippen LogP contribution >= 0.6 is 0 Å². The molecule has 0 spiro atoms. The molecule has 4 heteroatoms. The number of hydrogen-bond donors (Lipinski definition) is 1. The molecule has 15 heavy (non-hydrogen) atoms. The van der Waals surface area contributed by atoms with Gasteiger partial charge < -0.3 is 14.6 Å². The molecule has 0 amide bonds. The Morgan fingerprint density at radius 2 is 2.20 bits per heavy atom. The number of aliphatic hydroxyl groups is 1. The molecule has 1 rings (SSSR count). The van der Waals surface area contributed by atoms with Gasteiger partial charge in [-0.15, -0.1) is 0 Å². The van der Waals surface area contributed by atoms with Gasteiger partial charge in [0.1, 0.15) is 5.60 Å². The predicted octanol–water partition coefficient (Wildman–Crippen LogP) is 1.12. The van der Waals surface area contributed by atoms with E-state index in [1.54, 1.807) is 6.92 Å². The van der Waals surface area contributed by atoms with Crippen LogP contribution in [0.2, 0.25) is 0 Å². The molecule has 0 aromatic rings. The number of rotatable bonds is 2. The van der Waals surface area contributed by atoms with Gasteiger partial charge in [0, 0.05) is 5.92 Å². The van der Waals surface area contributed by atoms with Crippen molar-refractivity contribution in [2.75, 3.05) is 13.2 Å². The van der Waals surface area contributed by atoms with Gasteiger partial charge in [-0.05, 0) is 27.7 Å². The quantitative estimate of drug-likeness (QED) is 0.703. The summed E-state index contributed by atoms with van der Waals surface area (Å²) in [6, 6.07) is 0. The fourth-order valence-corrected chi connectivity index (χ4v) is 1.57. The molecule has 1 heterocycles. The predicted molar refractivity (Wildman–Crippen MR) is 55.4 cm³/mol. The first kappa shape index (κ1) is 12.5. The molecule has 1 fully saturated rings. The third-order valence-corrected chi connectivity index (χ3v) is 2.43. The van der Waals surface area contributed by atoms with Crippen LogP contribution in [0, 0.1) is 5.92 Å². The lowest BCUT2D eigenvalue weighted by atomic mass is 9.90. The molecule has 1 aliphatic rings. The van der Waals surface area contributed by atoms with E-state index < -0.39 is 11.2 Å². The lowest BCUT2D eigenvalue weighted by molar-refractivity contribution is -0.157. The molecule has 88 valence electrons. The summed E-state index contributed by atoms with van der Waals surface area (Å²) in [4.78, 5) is 11.5. The maximum atomic E-state index is 11.5. The highest BCUT2D eigenvalue weighted by Crippen LogP contribution is 2.28. The highest BCUT2D eigenvalue weighted by molar-refractivity contribution is 5.70. The van der Waals surface area contributed by atoms with Crippen molar-refractivity contribution in [3.05, 3.63) is 0 Å². The Hall–Kier alpha value is -0.610. The van der Waals surface area contributed by atoms with Gasteiger partial charge >= 0.3 is 5.97 Å². The molecule has 0 aromatic heterocycles. The monoisotopic (exact) mass is 216 g/mol. The first-order chi connectivity index (χ1) is 6.71. The Morgan fingerprint density at radius 3 is 2.60 bits per heavy atom. The Bertz CT molecular complexity index is 239. The van der Waals surface area contributed by atoms with E-state index in [0.717, 1.165) is 0 Å². The van der Waals surface area contributed by atoms with Crippen molar-refractivity contribution < 1.29 is 19.4 Å². The second kappa shape index (κ2) is 4.10. The topological polar surface area (TPSA) is 55.8 Å². The SMILES string of the molecule is CC(C)(C)OC(=O)CC1COC[C@@]1(C)O. The highest BCUT2D eigenvalue weighted by atomic mass is 16.6. The average Bonchev–Trinajstić information content (AvgIpc) is 2.26. The van der Waals surface area contributed by atoms with E-state index in [1.807, 2.05) is 20.8 Å². The molecule has 4 nitrogen and oxygen atoms in total. The van der Waals surface area contributed by atoms with Crippen LogP contribution in [-0.2, 0) is 14.3 Å². The first-order valence-corrected chi connectivity index (χ1v) is 5.23. The maximum Gasteiger partial charge on any atom is 0.306 e. The van der Waals surface area contributed by atoms with Crippen molar-refractivity contribution >= 4 is 5.97 Å². The van der Waals surface area contributed by atoms with Crippen molar-refractivity contribution in [2.24, 2.45) is 5.92 Å². The second-order valence-electron chi connectivity index (χ2n) is 5.36. The molecule has 0 radical (unpaired) electrons. The van der Waals surface area contributed by atoms with Crippen LogP contribution in [0.15, 0.2) is 0 Å². The summed E-state index contributed by atoms with van der Waals surface area (Å²) in [6.45, 7) is 7.89. The van der Waals surface area contributed by atoms with Crippen molar-refractivity contribution in [3.63, 3.8) is 0 Å². The molecule has 0 saturated carbocycles. The minimum absolute atomic E-state index is 0.160. The molecule has 1 N–H and O–H groups in total. The van der Waals surface area contributed by atoms with E-state index in [1.165, 1.54) is 0 Å². The number of hydrogen-bond acceptors (Lipinski definition) is 4. The minimum Gasteiger partial charge on any atom is -0.460 e. The Morgan fingerprint density at radius 1 is 1.60 bits per heavy atom.